The van der Waals surface area contributed by atoms with Crippen molar-refractivity contribution in [2.24, 2.45) is 0 Å². The second-order valence-corrected chi connectivity index (χ2v) is 4.75. The molecule has 0 unspecified atom stereocenters. The van der Waals surface area contributed by atoms with Crippen molar-refractivity contribution in [3.8, 4) is 0 Å². The summed E-state index contributed by atoms with van der Waals surface area (Å²) in [5.74, 6) is -0.240. The van der Waals surface area contributed by atoms with Gasteiger partial charge in [-0.3, -0.25) is 0 Å². The zero-order valence-corrected chi connectivity index (χ0v) is 10.6. The molecule has 0 heterocycles. The van der Waals surface area contributed by atoms with Crippen molar-refractivity contribution in [1.29, 1.82) is 0 Å². The van der Waals surface area contributed by atoms with Crippen molar-refractivity contribution in [3.63, 3.8) is 0 Å². The molecule has 0 aliphatic heterocycles. The predicted octanol–water partition coefficient (Wildman–Crippen LogP) is 2.91. The lowest BCUT2D eigenvalue weighted by Crippen LogP contribution is -2.48. The van der Waals surface area contributed by atoms with E-state index in [1.807, 2.05) is 13.0 Å². The molecule has 1 aliphatic rings. The van der Waals surface area contributed by atoms with E-state index in [4.69, 9.17) is 0 Å². The van der Waals surface area contributed by atoms with E-state index in [1.54, 1.807) is 12.1 Å². The van der Waals surface area contributed by atoms with E-state index in [1.165, 1.54) is 6.07 Å². The number of halogens is 1. The van der Waals surface area contributed by atoms with Crippen molar-refractivity contribution in [2.75, 3.05) is 6.54 Å². The summed E-state index contributed by atoms with van der Waals surface area (Å²) in [6, 6.07) is 6.50. The third-order valence-electron chi connectivity index (χ3n) is 3.54. The molecular weight excluding hydrogens is 231 g/mol. The Hall–Kier alpha value is -1.58. The third kappa shape index (κ3) is 2.47. The first-order valence-electron chi connectivity index (χ1n) is 6.49. The Morgan fingerprint density at radius 1 is 1.33 bits per heavy atom. The molecule has 2 rings (SSSR count). The minimum atomic E-state index is -0.537. The van der Waals surface area contributed by atoms with E-state index in [0.717, 1.165) is 25.7 Å². The fourth-order valence-electron chi connectivity index (χ4n) is 2.71. The monoisotopic (exact) mass is 250 g/mol. The Kier molecular flexibility index (Phi) is 3.84. The zero-order valence-electron chi connectivity index (χ0n) is 10.6. The van der Waals surface area contributed by atoms with Crippen LogP contribution in [-0.2, 0) is 5.54 Å². The predicted molar refractivity (Wildman–Crippen MR) is 68.8 cm³/mol. The minimum absolute atomic E-state index is 0.220. The number of rotatable bonds is 3. The van der Waals surface area contributed by atoms with Crippen molar-refractivity contribution in [1.82, 2.24) is 10.6 Å². The molecule has 0 spiro atoms. The van der Waals surface area contributed by atoms with Gasteiger partial charge in [-0.1, -0.05) is 31.0 Å². The first kappa shape index (κ1) is 12.9. The molecule has 98 valence electrons. The highest BCUT2D eigenvalue weighted by Gasteiger charge is 2.38. The number of carbonyl (C=O) groups is 1. The van der Waals surface area contributed by atoms with E-state index in [9.17, 15) is 9.18 Å². The molecule has 2 amide bonds. The van der Waals surface area contributed by atoms with Gasteiger partial charge >= 0.3 is 6.03 Å². The summed E-state index contributed by atoms with van der Waals surface area (Å²) in [4.78, 5) is 11.7. The number of nitrogens with one attached hydrogen (secondary N) is 2. The van der Waals surface area contributed by atoms with Crippen LogP contribution in [0.15, 0.2) is 24.3 Å². The lowest BCUT2D eigenvalue weighted by molar-refractivity contribution is 0.224. The van der Waals surface area contributed by atoms with Gasteiger partial charge in [0, 0.05) is 12.1 Å². The Labute approximate surface area is 107 Å². The molecule has 0 radical (unpaired) electrons. The van der Waals surface area contributed by atoms with E-state index in [2.05, 4.69) is 10.6 Å². The number of hydrogen-bond donors (Lipinski definition) is 2. The van der Waals surface area contributed by atoms with E-state index >= 15 is 0 Å². The van der Waals surface area contributed by atoms with Crippen LogP contribution in [0.25, 0.3) is 0 Å². The van der Waals surface area contributed by atoms with E-state index in [-0.39, 0.29) is 11.8 Å². The van der Waals surface area contributed by atoms with E-state index < -0.39 is 5.54 Å². The highest BCUT2D eigenvalue weighted by molar-refractivity contribution is 5.75. The highest BCUT2D eigenvalue weighted by atomic mass is 19.1. The van der Waals surface area contributed by atoms with Crippen molar-refractivity contribution < 1.29 is 9.18 Å². The van der Waals surface area contributed by atoms with Crippen LogP contribution in [0.3, 0.4) is 0 Å². The summed E-state index contributed by atoms with van der Waals surface area (Å²) in [5, 5.41) is 5.67. The summed E-state index contributed by atoms with van der Waals surface area (Å²) in [7, 11) is 0. The first-order chi connectivity index (χ1) is 8.68. The van der Waals surface area contributed by atoms with Gasteiger partial charge < -0.3 is 10.6 Å². The minimum Gasteiger partial charge on any atom is -0.338 e. The highest BCUT2D eigenvalue weighted by Crippen LogP contribution is 2.39. The number of urea groups is 1. The second kappa shape index (κ2) is 5.38. The standard InChI is InChI=1S/C14H19FN2O/c1-2-16-13(18)17-14(9-5-6-10-14)11-7-3-4-8-12(11)15/h3-4,7-8H,2,5-6,9-10H2,1H3,(H2,16,17,18). The van der Waals surface area contributed by atoms with Crippen LogP contribution < -0.4 is 10.6 Å². The van der Waals surface area contributed by atoms with Crippen molar-refractivity contribution in [3.05, 3.63) is 35.6 Å². The van der Waals surface area contributed by atoms with Gasteiger partial charge in [0.1, 0.15) is 5.82 Å². The molecular formula is C14H19FN2O. The quantitative estimate of drug-likeness (QED) is 0.851. The molecule has 18 heavy (non-hydrogen) atoms. The molecule has 4 heteroatoms. The van der Waals surface area contributed by atoms with Crippen LogP contribution in [-0.4, -0.2) is 12.6 Å². The maximum atomic E-state index is 14.0. The smallest absolute Gasteiger partial charge is 0.315 e. The van der Waals surface area contributed by atoms with Gasteiger partial charge in [0.2, 0.25) is 0 Å². The number of carbonyl (C=O) groups excluding carboxylic acids is 1. The Morgan fingerprint density at radius 3 is 2.61 bits per heavy atom. The van der Waals surface area contributed by atoms with Crippen molar-refractivity contribution >= 4 is 6.03 Å². The Bertz CT molecular complexity index is 428. The molecule has 1 aliphatic carbocycles. The van der Waals surface area contributed by atoms with Gasteiger partial charge in [0.05, 0.1) is 5.54 Å². The number of benzene rings is 1. The lowest BCUT2D eigenvalue weighted by Gasteiger charge is -2.31. The fourth-order valence-corrected chi connectivity index (χ4v) is 2.71. The molecule has 0 aromatic heterocycles. The molecule has 1 fully saturated rings. The number of amides is 2. The molecule has 1 aromatic carbocycles. The normalized spacial score (nSPS) is 17.4. The van der Waals surface area contributed by atoms with Crippen LogP contribution in [0.2, 0.25) is 0 Å². The van der Waals surface area contributed by atoms with Crippen LogP contribution in [0.4, 0.5) is 9.18 Å². The topological polar surface area (TPSA) is 41.1 Å². The summed E-state index contributed by atoms with van der Waals surface area (Å²) in [6.07, 6.45) is 3.62. The van der Waals surface area contributed by atoms with Gasteiger partial charge in [0.15, 0.2) is 0 Å². The lowest BCUT2D eigenvalue weighted by atomic mass is 9.88. The van der Waals surface area contributed by atoms with E-state index in [0.29, 0.717) is 12.1 Å². The summed E-state index contributed by atoms with van der Waals surface area (Å²) in [5.41, 5.74) is 0.0682. The average molecular weight is 250 g/mol. The SMILES string of the molecule is CCNC(=O)NC1(c2ccccc2F)CCCC1. The van der Waals surface area contributed by atoms with Gasteiger partial charge in [-0.2, -0.15) is 0 Å². The fraction of sp³-hybridized carbons (Fsp3) is 0.500. The summed E-state index contributed by atoms with van der Waals surface area (Å²) < 4.78 is 14.0. The van der Waals surface area contributed by atoms with Crippen LogP contribution in [0.1, 0.15) is 38.2 Å². The summed E-state index contributed by atoms with van der Waals surface area (Å²) in [6.45, 7) is 2.43. The molecule has 2 N–H and O–H groups in total. The third-order valence-corrected chi connectivity index (χ3v) is 3.54. The van der Waals surface area contributed by atoms with Crippen LogP contribution in [0.5, 0.6) is 0 Å². The van der Waals surface area contributed by atoms with Gasteiger partial charge in [-0.25, -0.2) is 9.18 Å². The van der Waals surface area contributed by atoms with Gasteiger partial charge in [-0.05, 0) is 25.8 Å². The largest absolute Gasteiger partial charge is 0.338 e. The molecule has 0 bridgehead atoms. The van der Waals surface area contributed by atoms with Gasteiger partial charge in [0.25, 0.3) is 0 Å². The zero-order chi connectivity index (χ0) is 13.0. The van der Waals surface area contributed by atoms with Crippen molar-refractivity contribution in [2.45, 2.75) is 38.1 Å². The summed E-state index contributed by atoms with van der Waals surface area (Å²) >= 11 is 0. The number of hydrogen-bond acceptors (Lipinski definition) is 1. The second-order valence-electron chi connectivity index (χ2n) is 4.75. The molecule has 0 atom stereocenters. The van der Waals surface area contributed by atoms with Gasteiger partial charge in [-0.15, -0.1) is 0 Å². The Balaban J connectivity index is 2.27. The Morgan fingerprint density at radius 2 is 2.00 bits per heavy atom. The molecule has 0 saturated heterocycles. The van der Waals surface area contributed by atoms with Crippen LogP contribution in [0, 0.1) is 5.82 Å². The maximum absolute atomic E-state index is 14.0. The first-order valence-corrected chi connectivity index (χ1v) is 6.49. The molecule has 1 aromatic rings. The molecule has 1 saturated carbocycles. The molecule has 3 nitrogen and oxygen atoms in total. The van der Waals surface area contributed by atoms with Crippen LogP contribution >= 0.6 is 0 Å². The average Bonchev–Trinajstić information content (AvgIpc) is 2.79. The maximum Gasteiger partial charge on any atom is 0.315 e.